The van der Waals surface area contributed by atoms with Crippen molar-refractivity contribution in [2.75, 3.05) is 18.6 Å². The fourth-order valence-corrected chi connectivity index (χ4v) is 4.64. The lowest BCUT2D eigenvalue weighted by Crippen LogP contribution is -2.72. The Kier molecular flexibility index (Phi) is 5.22. The normalized spacial score (nSPS) is 31.4. The molecule has 3 aliphatic heterocycles. The van der Waals surface area contributed by atoms with Crippen LogP contribution in [0.15, 0.2) is 54.6 Å². The van der Waals surface area contributed by atoms with Gasteiger partial charge in [-0.2, -0.15) is 0 Å². The maximum Gasteiger partial charge on any atom is 0.258 e. The maximum absolute atomic E-state index is 13.2. The molecule has 3 saturated heterocycles. The summed E-state index contributed by atoms with van der Waals surface area (Å²) in [6.45, 7) is 4.59. The van der Waals surface area contributed by atoms with E-state index >= 15 is 0 Å². The molecular weight excluding hydrogens is 398 g/mol. The Morgan fingerprint density at radius 3 is 2.48 bits per heavy atom. The summed E-state index contributed by atoms with van der Waals surface area (Å²) in [5.74, 6) is -0.0240. The average Bonchev–Trinajstić information content (AvgIpc) is 3.28. The van der Waals surface area contributed by atoms with E-state index in [-0.39, 0.29) is 30.3 Å². The molecule has 1 amide bonds. The largest absolute Gasteiger partial charge is 0.497 e. The lowest BCUT2D eigenvalue weighted by atomic mass is 9.88. The number of ether oxygens (including phenoxy) is 5. The van der Waals surface area contributed by atoms with Gasteiger partial charge in [-0.25, -0.2) is 0 Å². The van der Waals surface area contributed by atoms with E-state index in [2.05, 4.69) is 0 Å². The zero-order valence-electron chi connectivity index (χ0n) is 17.9. The van der Waals surface area contributed by atoms with Gasteiger partial charge in [0.05, 0.1) is 20.3 Å². The van der Waals surface area contributed by atoms with Crippen molar-refractivity contribution in [2.45, 2.75) is 56.7 Å². The van der Waals surface area contributed by atoms with Gasteiger partial charge >= 0.3 is 0 Å². The highest BCUT2D eigenvalue weighted by Crippen LogP contribution is 2.42. The second-order valence-electron chi connectivity index (χ2n) is 8.55. The first-order chi connectivity index (χ1) is 15.0. The van der Waals surface area contributed by atoms with Crippen LogP contribution in [0, 0.1) is 0 Å². The molecule has 0 aliphatic carbocycles. The molecule has 0 spiro atoms. The highest BCUT2D eigenvalue weighted by molar-refractivity contribution is 6.05. The molecule has 164 valence electrons. The van der Waals surface area contributed by atoms with Crippen LogP contribution in [0.25, 0.3) is 0 Å². The van der Waals surface area contributed by atoms with Crippen LogP contribution in [0.1, 0.15) is 19.4 Å². The summed E-state index contributed by atoms with van der Waals surface area (Å²) < 4.78 is 29.6. The number of rotatable bonds is 6. The van der Waals surface area contributed by atoms with Crippen molar-refractivity contribution in [2.24, 2.45) is 0 Å². The number of anilines is 1. The molecule has 3 aliphatic rings. The number of carbonyl (C=O) groups is 1. The minimum absolute atomic E-state index is 0.0867. The monoisotopic (exact) mass is 425 g/mol. The molecule has 0 bridgehead atoms. The molecule has 7 heteroatoms. The zero-order valence-corrected chi connectivity index (χ0v) is 17.9. The predicted molar refractivity (Wildman–Crippen MR) is 113 cm³/mol. The van der Waals surface area contributed by atoms with Crippen LogP contribution in [-0.4, -0.2) is 55.9 Å². The molecule has 31 heavy (non-hydrogen) atoms. The number of hydrogen-bond donors (Lipinski definition) is 0. The fraction of sp³-hybridized carbons (Fsp3) is 0.458. The lowest BCUT2D eigenvalue weighted by Gasteiger charge is -2.49. The number of β-lactam (4-membered cyclic amide) rings is 1. The SMILES string of the molecule is COc1ccc(N2C(=O)[C@@H](OCc3ccccc3)[C@H]2[C@H]2OC[C@H]3OC(C)(C)O[C@@H]23)cc1. The van der Waals surface area contributed by atoms with E-state index in [4.69, 9.17) is 23.7 Å². The minimum Gasteiger partial charge on any atom is -0.497 e. The van der Waals surface area contributed by atoms with Gasteiger partial charge in [-0.15, -0.1) is 0 Å². The standard InChI is InChI=1S/C24H27NO6/c1-24(2)30-18-14-29-21(20(18)31-24)19-22(28-13-15-7-5-4-6-8-15)23(26)25(19)16-9-11-17(27-3)12-10-16/h4-12,18-22H,13-14H2,1-3H3/t18-,19-,20-,21-,22+/m1/s1. The van der Waals surface area contributed by atoms with Crippen molar-refractivity contribution in [1.82, 2.24) is 0 Å². The summed E-state index contributed by atoms with van der Waals surface area (Å²) in [5.41, 5.74) is 1.80. The predicted octanol–water partition coefficient (Wildman–Crippen LogP) is 2.91. The topological polar surface area (TPSA) is 66.5 Å². The number of methoxy groups -OCH3 is 1. The first-order valence-corrected chi connectivity index (χ1v) is 10.6. The van der Waals surface area contributed by atoms with Crippen molar-refractivity contribution in [3.05, 3.63) is 60.2 Å². The van der Waals surface area contributed by atoms with Gasteiger partial charge < -0.3 is 28.6 Å². The van der Waals surface area contributed by atoms with Crippen LogP contribution in [0.2, 0.25) is 0 Å². The van der Waals surface area contributed by atoms with Gasteiger partial charge in [0.15, 0.2) is 11.9 Å². The molecule has 5 rings (SSSR count). The Morgan fingerprint density at radius 1 is 1.03 bits per heavy atom. The van der Waals surface area contributed by atoms with Crippen LogP contribution in [0.5, 0.6) is 5.75 Å². The summed E-state index contributed by atoms with van der Waals surface area (Å²) >= 11 is 0. The average molecular weight is 425 g/mol. The zero-order chi connectivity index (χ0) is 21.6. The van der Waals surface area contributed by atoms with Crippen molar-refractivity contribution >= 4 is 11.6 Å². The molecule has 7 nitrogen and oxygen atoms in total. The number of benzene rings is 2. The van der Waals surface area contributed by atoms with Gasteiger partial charge in [-0.1, -0.05) is 30.3 Å². The van der Waals surface area contributed by atoms with Crippen molar-refractivity contribution in [3.63, 3.8) is 0 Å². The van der Waals surface area contributed by atoms with Gasteiger partial charge in [-0.3, -0.25) is 4.79 Å². The summed E-state index contributed by atoms with van der Waals surface area (Å²) in [7, 11) is 1.62. The minimum atomic E-state index is -0.670. The van der Waals surface area contributed by atoms with Gasteiger partial charge in [0.2, 0.25) is 0 Å². The van der Waals surface area contributed by atoms with Crippen molar-refractivity contribution in [1.29, 1.82) is 0 Å². The number of carbonyl (C=O) groups excluding carboxylic acids is 1. The van der Waals surface area contributed by atoms with Gasteiger partial charge in [0.1, 0.15) is 30.1 Å². The van der Waals surface area contributed by atoms with E-state index in [0.29, 0.717) is 13.2 Å². The molecule has 3 heterocycles. The van der Waals surface area contributed by atoms with Crippen LogP contribution >= 0.6 is 0 Å². The molecule has 0 unspecified atom stereocenters. The fourth-order valence-electron chi connectivity index (χ4n) is 4.64. The highest BCUT2D eigenvalue weighted by atomic mass is 16.8. The Morgan fingerprint density at radius 2 is 1.77 bits per heavy atom. The van der Waals surface area contributed by atoms with Crippen LogP contribution in [0.3, 0.4) is 0 Å². The Bertz CT molecular complexity index is 931. The van der Waals surface area contributed by atoms with E-state index in [1.54, 1.807) is 12.0 Å². The molecule has 2 aromatic rings. The Balaban J connectivity index is 1.40. The maximum atomic E-state index is 13.2. The van der Waals surface area contributed by atoms with E-state index in [1.807, 2.05) is 68.4 Å². The molecule has 3 fully saturated rings. The first-order valence-electron chi connectivity index (χ1n) is 10.6. The molecule has 0 aromatic heterocycles. The summed E-state index contributed by atoms with van der Waals surface area (Å²) in [6.07, 6.45) is -1.36. The van der Waals surface area contributed by atoms with E-state index in [0.717, 1.165) is 17.0 Å². The number of fused-ring (bicyclic) bond motifs is 1. The first kappa shape index (κ1) is 20.5. The third-order valence-electron chi connectivity index (χ3n) is 6.05. The Hall–Kier alpha value is -2.45. The van der Waals surface area contributed by atoms with E-state index in [9.17, 15) is 4.79 Å². The number of hydrogen-bond acceptors (Lipinski definition) is 6. The highest BCUT2D eigenvalue weighted by Gasteiger charge is 2.61. The van der Waals surface area contributed by atoms with Crippen LogP contribution in [-0.2, 0) is 30.3 Å². The Labute approximate surface area is 181 Å². The summed E-state index contributed by atoms with van der Waals surface area (Å²) in [6, 6.07) is 17.0. The summed E-state index contributed by atoms with van der Waals surface area (Å²) in [5, 5.41) is 0. The molecule has 5 atom stereocenters. The number of amides is 1. The van der Waals surface area contributed by atoms with Gasteiger partial charge in [-0.05, 0) is 43.7 Å². The molecule has 2 aromatic carbocycles. The second kappa shape index (κ2) is 7.91. The van der Waals surface area contributed by atoms with Crippen molar-refractivity contribution < 1.29 is 28.5 Å². The van der Waals surface area contributed by atoms with E-state index in [1.165, 1.54) is 0 Å². The summed E-state index contributed by atoms with van der Waals surface area (Å²) in [4.78, 5) is 14.9. The van der Waals surface area contributed by atoms with E-state index < -0.39 is 11.9 Å². The van der Waals surface area contributed by atoms with Crippen LogP contribution < -0.4 is 9.64 Å². The molecule has 0 N–H and O–H groups in total. The lowest BCUT2D eigenvalue weighted by molar-refractivity contribution is -0.186. The molecule has 0 radical (unpaired) electrons. The van der Waals surface area contributed by atoms with Gasteiger partial charge in [0, 0.05) is 5.69 Å². The molecular formula is C24H27NO6. The smallest absolute Gasteiger partial charge is 0.258 e. The quantitative estimate of drug-likeness (QED) is 0.663. The third kappa shape index (κ3) is 3.72. The number of nitrogens with zero attached hydrogens (tertiary/aromatic N) is 1. The third-order valence-corrected chi connectivity index (χ3v) is 6.05. The van der Waals surface area contributed by atoms with Crippen LogP contribution in [0.4, 0.5) is 5.69 Å². The molecule has 0 saturated carbocycles. The van der Waals surface area contributed by atoms with Crippen molar-refractivity contribution in [3.8, 4) is 5.75 Å². The second-order valence-corrected chi connectivity index (χ2v) is 8.55. The van der Waals surface area contributed by atoms with Gasteiger partial charge in [0.25, 0.3) is 5.91 Å².